The zero-order chi connectivity index (χ0) is 34.1. The summed E-state index contributed by atoms with van der Waals surface area (Å²) in [6.45, 7) is 15.1. The average Bonchev–Trinajstić information content (AvgIpc) is 3.38. The van der Waals surface area contributed by atoms with E-state index in [2.05, 4.69) is 32.8 Å². The van der Waals surface area contributed by atoms with E-state index in [1.54, 1.807) is 19.1 Å². The fourth-order valence-electron chi connectivity index (χ4n) is 10.9. The van der Waals surface area contributed by atoms with Gasteiger partial charge in [0.05, 0.1) is 31.0 Å². The van der Waals surface area contributed by atoms with Crippen molar-refractivity contribution in [3.63, 3.8) is 0 Å². The maximum atomic E-state index is 14.1. The van der Waals surface area contributed by atoms with Crippen LogP contribution in [0.5, 0.6) is 5.75 Å². The van der Waals surface area contributed by atoms with E-state index in [9.17, 15) is 19.6 Å². The van der Waals surface area contributed by atoms with Crippen LogP contribution in [0, 0.1) is 52.3 Å². The van der Waals surface area contributed by atoms with Gasteiger partial charge in [0, 0.05) is 0 Å². The molecule has 0 aliphatic heterocycles. The maximum Gasteiger partial charge on any atom is 0.459 e. The molecule has 266 valence electrons. The number of ether oxygens (including phenoxy) is 1. The maximum absolute atomic E-state index is 14.1. The highest BCUT2D eigenvalue weighted by Crippen LogP contribution is 2.69. The lowest BCUT2D eigenvalue weighted by atomic mass is 9.41. The Hall–Kier alpha value is -1.28. The van der Waals surface area contributed by atoms with Crippen molar-refractivity contribution < 1.29 is 33.4 Å². The molecule has 13 atom stereocenters. The van der Waals surface area contributed by atoms with Gasteiger partial charge in [-0.25, -0.2) is 9.65 Å². The Balaban J connectivity index is 1.25. The largest absolute Gasteiger partial charge is 0.459 e. The van der Waals surface area contributed by atoms with Gasteiger partial charge >= 0.3 is 7.75 Å². The molecule has 9 heteroatoms. The van der Waals surface area contributed by atoms with Crippen LogP contribution in [0.1, 0.15) is 106 Å². The molecule has 0 heterocycles. The second-order valence-electron chi connectivity index (χ2n) is 16.3. The van der Waals surface area contributed by atoms with Crippen LogP contribution in [0.25, 0.3) is 0 Å². The molecule has 0 amide bonds. The Labute approximate surface area is 283 Å². The van der Waals surface area contributed by atoms with Crippen molar-refractivity contribution in [1.29, 1.82) is 0 Å². The number of carbonyl (C=O) groups excluding carboxylic acids is 1. The second kappa shape index (κ2) is 14.9. The van der Waals surface area contributed by atoms with Crippen molar-refractivity contribution in [2.24, 2.45) is 52.3 Å². The summed E-state index contributed by atoms with van der Waals surface area (Å²) in [6.07, 6.45) is 8.43. The Morgan fingerprint density at radius 3 is 2.34 bits per heavy atom. The fourth-order valence-corrected chi connectivity index (χ4v) is 12.4. The molecule has 1 aromatic carbocycles. The number of carbonyl (C=O) groups is 1. The first-order valence-electron chi connectivity index (χ1n) is 18.5. The molecule has 4 fully saturated rings. The van der Waals surface area contributed by atoms with Crippen LogP contribution in [-0.2, 0) is 18.6 Å². The number of fused-ring (bicyclic) bond motifs is 5. The third-order valence-corrected chi connectivity index (χ3v) is 15.0. The minimum Gasteiger partial charge on any atom is -0.413 e. The van der Waals surface area contributed by atoms with Gasteiger partial charge in [0.25, 0.3) is 0 Å². The molecule has 4 aliphatic carbocycles. The molecule has 4 saturated carbocycles. The molecular weight excluding hydrogens is 613 g/mol. The average molecular weight is 676 g/mol. The summed E-state index contributed by atoms with van der Waals surface area (Å²) in [6, 6.07) is 8.16. The van der Waals surface area contributed by atoms with Crippen LogP contribution in [-0.4, -0.2) is 53.6 Å². The molecule has 3 N–H and O–H groups in total. The smallest absolute Gasteiger partial charge is 0.413 e. The first-order valence-corrected chi connectivity index (χ1v) is 20.0. The summed E-state index contributed by atoms with van der Waals surface area (Å²) in [5.74, 6) is 2.97. The monoisotopic (exact) mass is 675 g/mol. The molecule has 0 spiro atoms. The van der Waals surface area contributed by atoms with Crippen molar-refractivity contribution in [2.45, 2.75) is 131 Å². The number of para-hydroxylation sites is 1. The van der Waals surface area contributed by atoms with E-state index >= 15 is 0 Å². The minimum absolute atomic E-state index is 0.0764. The Morgan fingerprint density at radius 1 is 0.979 bits per heavy atom. The van der Waals surface area contributed by atoms with Gasteiger partial charge in [-0.05, 0) is 137 Å². The highest BCUT2D eigenvalue weighted by atomic mass is 31.2. The summed E-state index contributed by atoms with van der Waals surface area (Å²) >= 11 is 0. The van der Waals surface area contributed by atoms with Crippen molar-refractivity contribution in [3.8, 4) is 5.75 Å². The number of rotatable bonds is 14. The molecule has 8 nitrogen and oxygen atoms in total. The van der Waals surface area contributed by atoms with Crippen molar-refractivity contribution >= 4 is 13.5 Å². The van der Waals surface area contributed by atoms with Gasteiger partial charge in [-0.2, -0.15) is 0 Å². The van der Waals surface area contributed by atoms with Crippen LogP contribution < -0.4 is 9.61 Å². The number of ketones is 1. The van der Waals surface area contributed by atoms with E-state index < -0.39 is 13.8 Å². The van der Waals surface area contributed by atoms with Gasteiger partial charge in [0.15, 0.2) is 5.78 Å². The van der Waals surface area contributed by atoms with Gasteiger partial charge in [0.2, 0.25) is 0 Å². The fraction of sp³-hybridized carbons (Fsp3) is 0.816. The normalized spacial score (nSPS) is 39.3. The second-order valence-corrected chi connectivity index (χ2v) is 18.0. The first-order chi connectivity index (χ1) is 22.2. The summed E-state index contributed by atoms with van der Waals surface area (Å²) in [5.41, 5.74) is 0.325. The SMILES string of the molecule is CC[C@@H]1C2C[C@H](O)CC[C@]2(C)C2CC[C@@]3(C)C(CC[C@@H]3[C@H](C)CCOP(=O)(N[C@@H](C)C(=O)COC(C)C)Oc3ccccc3)C2[C@@H]1O. The van der Waals surface area contributed by atoms with Crippen LogP contribution in [0.15, 0.2) is 30.3 Å². The lowest BCUT2D eigenvalue weighted by Gasteiger charge is -2.64. The lowest BCUT2D eigenvalue weighted by Crippen LogP contribution is -2.62. The zero-order valence-corrected chi connectivity index (χ0v) is 30.8. The molecule has 0 bridgehead atoms. The lowest BCUT2D eigenvalue weighted by molar-refractivity contribution is -0.203. The number of hydrogen-bond donors (Lipinski definition) is 3. The van der Waals surface area contributed by atoms with Crippen LogP contribution in [0.2, 0.25) is 0 Å². The Kier molecular flexibility index (Phi) is 11.7. The molecular formula is C38H62NO7P. The Bertz CT molecular complexity index is 1250. The number of aliphatic hydroxyl groups excluding tert-OH is 2. The summed E-state index contributed by atoms with van der Waals surface area (Å²) in [4.78, 5) is 12.7. The van der Waals surface area contributed by atoms with E-state index in [0.29, 0.717) is 41.3 Å². The number of nitrogens with one attached hydrogen (secondary N) is 1. The third-order valence-electron chi connectivity index (χ3n) is 13.3. The Morgan fingerprint density at radius 2 is 1.66 bits per heavy atom. The molecule has 0 radical (unpaired) electrons. The van der Waals surface area contributed by atoms with Gasteiger partial charge in [-0.15, -0.1) is 0 Å². The standard InChI is InChI=1S/C38H62NO7P/c1-8-29-33-22-27(40)16-19-38(33,7)32-17-20-37(6)30(14-15-31(37)35(32)36(29)42)25(4)18-21-45-47(43,46-28-12-10-9-11-13-28)39-26(5)34(41)23-44-24(2)3/h9-13,24-27,29-33,35-36,40,42H,8,14-23H2,1-7H3,(H,39,43)/t25-,26+,27-,29-,30-,31?,32?,33?,35?,36-,37-,38-,47?/m1/s1. The first kappa shape index (κ1) is 37.0. The number of hydrogen-bond acceptors (Lipinski definition) is 7. The predicted molar refractivity (Wildman–Crippen MR) is 185 cm³/mol. The van der Waals surface area contributed by atoms with Gasteiger partial charge < -0.3 is 19.5 Å². The molecule has 0 saturated heterocycles. The van der Waals surface area contributed by atoms with E-state index in [1.807, 2.05) is 32.0 Å². The quantitative estimate of drug-likeness (QED) is 0.171. The van der Waals surface area contributed by atoms with E-state index in [1.165, 1.54) is 0 Å². The van der Waals surface area contributed by atoms with E-state index in [-0.39, 0.29) is 54.1 Å². The van der Waals surface area contributed by atoms with Crippen molar-refractivity contribution in [1.82, 2.24) is 5.09 Å². The number of aliphatic hydroxyl groups is 2. The van der Waals surface area contributed by atoms with Crippen LogP contribution in [0.4, 0.5) is 0 Å². The zero-order valence-electron chi connectivity index (χ0n) is 29.9. The number of benzene rings is 1. The van der Waals surface area contributed by atoms with Crippen molar-refractivity contribution in [2.75, 3.05) is 13.2 Å². The van der Waals surface area contributed by atoms with Gasteiger partial charge in [-0.3, -0.25) is 9.32 Å². The summed E-state index contributed by atoms with van der Waals surface area (Å²) in [5, 5.41) is 25.5. The molecule has 47 heavy (non-hydrogen) atoms. The molecule has 4 aliphatic rings. The highest BCUT2D eigenvalue weighted by molar-refractivity contribution is 7.52. The van der Waals surface area contributed by atoms with E-state index in [0.717, 1.165) is 57.8 Å². The number of Topliss-reactive ketones (excluding diaryl/α,β-unsaturated/α-hetero) is 1. The van der Waals surface area contributed by atoms with Crippen LogP contribution in [0.3, 0.4) is 0 Å². The highest BCUT2D eigenvalue weighted by Gasteiger charge is 2.64. The predicted octanol–water partition coefficient (Wildman–Crippen LogP) is 7.82. The minimum atomic E-state index is -3.87. The molecule has 0 aromatic heterocycles. The van der Waals surface area contributed by atoms with Gasteiger partial charge in [-0.1, -0.05) is 52.3 Å². The van der Waals surface area contributed by atoms with Crippen LogP contribution >= 0.6 is 7.75 Å². The third kappa shape index (κ3) is 7.59. The topological polar surface area (TPSA) is 114 Å². The molecule has 5 rings (SSSR count). The van der Waals surface area contributed by atoms with E-state index in [4.69, 9.17) is 13.8 Å². The molecule has 1 aromatic rings. The molecule has 5 unspecified atom stereocenters. The summed E-state index contributed by atoms with van der Waals surface area (Å²) < 4.78 is 31.5. The summed E-state index contributed by atoms with van der Waals surface area (Å²) in [7, 11) is -3.87. The van der Waals surface area contributed by atoms with Crippen molar-refractivity contribution in [3.05, 3.63) is 30.3 Å². The van der Waals surface area contributed by atoms with Gasteiger partial charge in [0.1, 0.15) is 12.4 Å².